The summed E-state index contributed by atoms with van der Waals surface area (Å²) in [5.41, 5.74) is 0. The van der Waals surface area contributed by atoms with Gasteiger partial charge >= 0.3 is 0 Å². The summed E-state index contributed by atoms with van der Waals surface area (Å²) < 4.78 is 27.4. The van der Waals surface area contributed by atoms with Crippen LogP contribution in [0.1, 0.15) is 0 Å². The van der Waals surface area contributed by atoms with E-state index in [4.69, 9.17) is 18.2 Å². The first kappa shape index (κ1) is 18.1. The fraction of sp³-hybridized carbons (Fsp3) is 0.143. The Morgan fingerprint density at radius 1 is 0.850 bits per heavy atom. The highest BCUT2D eigenvalue weighted by atomic mass is 32.2. The molecule has 0 aromatic heterocycles. The molecule has 0 spiro atoms. The maximum Gasteiger partial charge on any atom is 0.118 e. The van der Waals surface area contributed by atoms with Gasteiger partial charge in [-0.1, -0.05) is 36.4 Å². The van der Waals surface area contributed by atoms with Crippen molar-refractivity contribution in [1.82, 2.24) is 0 Å². The molecule has 0 saturated heterocycles. The molecule has 2 aromatic rings. The molecule has 1 unspecified atom stereocenters. The van der Waals surface area contributed by atoms with Gasteiger partial charge < -0.3 is 14.0 Å². The van der Waals surface area contributed by atoms with E-state index in [1.165, 1.54) is 0 Å². The first-order valence-electron chi connectivity index (χ1n) is 5.62. The van der Waals surface area contributed by atoms with Crippen molar-refractivity contribution in [3.8, 4) is 11.5 Å². The van der Waals surface area contributed by atoms with Crippen LogP contribution in [0.4, 0.5) is 0 Å². The van der Waals surface area contributed by atoms with Gasteiger partial charge in [-0.25, -0.2) is 0 Å². The molecular weight excluding hydrogens is 278 g/mol. The third-order valence-electron chi connectivity index (χ3n) is 1.96. The smallest absolute Gasteiger partial charge is 0.118 e. The van der Waals surface area contributed by atoms with Gasteiger partial charge in [0.15, 0.2) is 0 Å². The van der Waals surface area contributed by atoms with Crippen molar-refractivity contribution in [1.29, 1.82) is 0 Å². The zero-order valence-corrected chi connectivity index (χ0v) is 12.2. The predicted octanol–water partition coefficient (Wildman–Crippen LogP) is 2.13. The van der Waals surface area contributed by atoms with Crippen LogP contribution in [0, 0.1) is 0 Å². The zero-order chi connectivity index (χ0) is 15.2. The normalized spacial score (nSPS) is 10.0. The number of para-hydroxylation sites is 2. The molecule has 2 N–H and O–H groups in total. The number of methoxy groups -OCH3 is 2. The summed E-state index contributed by atoms with van der Waals surface area (Å²) in [5.74, 6) is 1.82. The van der Waals surface area contributed by atoms with Crippen LogP contribution in [0.2, 0.25) is 0 Å². The van der Waals surface area contributed by atoms with Crippen molar-refractivity contribution in [2.75, 3.05) is 14.2 Å². The summed E-state index contributed by atoms with van der Waals surface area (Å²) in [4.78, 5) is 0. The molecule has 0 radical (unpaired) electrons. The van der Waals surface area contributed by atoms with E-state index in [0.29, 0.717) is 0 Å². The van der Waals surface area contributed by atoms with Crippen LogP contribution in [-0.4, -0.2) is 23.0 Å². The molecule has 0 bridgehead atoms. The Hall–Kier alpha value is -1.89. The lowest BCUT2D eigenvalue weighted by atomic mass is 10.3. The van der Waals surface area contributed by atoms with Gasteiger partial charge in [-0.2, -0.15) is 0 Å². The molecule has 6 heteroatoms. The minimum Gasteiger partial charge on any atom is -0.760 e. The van der Waals surface area contributed by atoms with E-state index in [2.05, 4.69) is 5.14 Å². The molecule has 2 rings (SSSR count). The molecule has 2 aromatic carbocycles. The SMILES string of the molecule is COc1ccccc1.COc1ccccc1.NS(=O)[O-]. The molecule has 0 heterocycles. The minimum absolute atomic E-state index is 0.910. The van der Waals surface area contributed by atoms with Crippen LogP contribution in [0.15, 0.2) is 60.7 Å². The number of nitrogens with two attached hydrogens (primary N) is 1. The Labute approximate surface area is 121 Å². The van der Waals surface area contributed by atoms with Crippen molar-refractivity contribution in [3.05, 3.63) is 60.7 Å². The van der Waals surface area contributed by atoms with E-state index < -0.39 is 11.3 Å². The number of benzene rings is 2. The molecule has 5 nitrogen and oxygen atoms in total. The molecule has 0 fully saturated rings. The van der Waals surface area contributed by atoms with E-state index in [-0.39, 0.29) is 0 Å². The van der Waals surface area contributed by atoms with E-state index in [0.717, 1.165) is 11.5 Å². The van der Waals surface area contributed by atoms with Crippen LogP contribution >= 0.6 is 0 Å². The third kappa shape index (κ3) is 11.2. The summed E-state index contributed by atoms with van der Waals surface area (Å²) in [5, 5.41) is 4.03. The topological polar surface area (TPSA) is 84.6 Å². The van der Waals surface area contributed by atoms with Crippen molar-refractivity contribution in [3.63, 3.8) is 0 Å². The molecule has 20 heavy (non-hydrogen) atoms. The monoisotopic (exact) mass is 296 g/mol. The average molecular weight is 296 g/mol. The van der Waals surface area contributed by atoms with Gasteiger partial charge in [0.05, 0.1) is 14.2 Å². The first-order valence-corrected chi connectivity index (χ1v) is 6.75. The fourth-order valence-corrected chi connectivity index (χ4v) is 1.11. The molecule has 0 aliphatic heterocycles. The van der Waals surface area contributed by atoms with Crippen LogP contribution in [0.3, 0.4) is 0 Å². The summed E-state index contributed by atoms with van der Waals surface area (Å²) in [6.45, 7) is 0. The van der Waals surface area contributed by atoms with Crippen LogP contribution in [0.5, 0.6) is 11.5 Å². The Kier molecular flexibility index (Phi) is 11.0. The standard InChI is InChI=1S/2C7H8O.H3NO2S/c2*1-8-7-5-3-2-4-6-7;1-4(2)3/h2*2-6H,1H3;1H2,(H,2,3)/p-1. The molecular formula is C14H18NO4S-. The molecule has 0 aliphatic rings. The Balaban J connectivity index is 0.000000289. The van der Waals surface area contributed by atoms with Gasteiger partial charge in [0, 0.05) is 11.3 Å². The lowest BCUT2D eigenvalue weighted by Gasteiger charge is -1.93. The first-order chi connectivity index (χ1) is 9.60. The number of hydrogen-bond acceptors (Lipinski definition) is 4. The fourth-order valence-electron chi connectivity index (χ4n) is 1.11. The van der Waals surface area contributed by atoms with Gasteiger partial charge in [-0.05, 0) is 24.3 Å². The second kappa shape index (κ2) is 12.2. The van der Waals surface area contributed by atoms with Crippen LogP contribution in [0.25, 0.3) is 0 Å². The number of rotatable bonds is 2. The summed E-state index contributed by atoms with van der Waals surface area (Å²) in [6, 6.07) is 19.4. The minimum atomic E-state index is -2.36. The van der Waals surface area contributed by atoms with E-state index in [1.807, 2.05) is 60.7 Å². The lowest BCUT2D eigenvalue weighted by molar-refractivity contribution is 0.414. The van der Waals surface area contributed by atoms with E-state index >= 15 is 0 Å². The number of ether oxygens (including phenoxy) is 2. The predicted molar refractivity (Wildman–Crippen MR) is 79.1 cm³/mol. The molecule has 0 amide bonds. The van der Waals surface area contributed by atoms with Gasteiger partial charge in [-0.3, -0.25) is 9.35 Å². The highest BCUT2D eigenvalue weighted by Gasteiger charge is 1.80. The second-order valence-electron chi connectivity index (χ2n) is 3.29. The van der Waals surface area contributed by atoms with Gasteiger partial charge in [0.1, 0.15) is 11.5 Å². The van der Waals surface area contributed by atoms with Crippen molar-refractivity contribution < 1.29 is 18.2 Å². The average Bonchev–Trinajstić information content (AvgIpc) is 2.49. The van der Waals surface area contributed by atoms with E-state index in [1.54, 1.807) is 14.2 Å². The largest absolute Gasteiger partial charge is 0.760 e. The Bertz CT molecular complexity index is 422. The highest BCUT2D eigenvalue weighted by Crippen LogP contribution is 2.06. The zero-order valence-electron chi connectivity index (χ0n) is 11.4. The van der Waals surface area contributed by atoms with E-state index in [9.17, 15) is 0 Å². The van der Waals surface area contributed by atoms with Crippen molar-refractivity contribution >= 4 is 11.3 Å². The second-order valence-corrected chi connectivity index (χ2v) is 3.82. The lowest BCUT2D eigenvalue weighted by Crippen LogP contribution is -1.97. The quantitative estimate of drug-likeness (QED) is 0.860. The molecule has 1 atom stereocenters. The van der Waals surface area contributed by atoms with Crippen molar-refractivity contribution in [2.24, 2.45) is 5.14 Å². The maximum absolute atomic E-state index is 8.78. The number of hydrogen-bond donors (Lipinski definition) is 1. The molecule has 0 aliphatic carbocycles. The van der Waals surface area contributed by atoms with Crippen LogP contribution < -0.4 is 14.6 Å². The summed E-state index contributed by atoms with van der Waals surface area (Å²) >= 11 is -2.36. The van der Waals surface area contributed by atoms with Crippen molar-refractivity contribution in [2.45, 2.75) is 0 Å². The third-order valence-corrected chi connectivity index (χ3v) is 1.96. The maximum atomic E-state index is 8.78. The molecule has 110 valence electrons. The summed E-state index contributed by atoms with van der Waals surface area (Å²) in [6.07, 6.45) is 0. The Morgan fingerprint density at radius 2 is 1.10 bits per heavy atom. The van der Waals surface area contributed by atoms with Gasteiger partial charge in [-0.15, -0.1) is 0 Å². The molecule has 0 saturated carbocycles. The highest BCUT2D eigenvalue weighted by molar-refractivity contribution is 7.76. The van der Waals surface area contributed by atoms with Gasteiger partial charge in [0.2, 0.25) is 0 Å². The Morgan fingerprint density at radius 3 is 1.25 bits per heavy atom. The van der Waals surface area contributed by atoms with Gasteiger partial charge in [0.25, 0.3) is 0 Å². The summed E-state index contributed by atoms with van der Waals surface area (Å²) in [7, 11) is 3.32. The van der Waals surface area contributed by atoms with Crippen LogP contribution in [-0.2, 0) is 11.3 Å².